The SMILES string of the molecule is O=C(O[C@@H]1CCCC[C@@H]1C(F)(F)F)[C@H]1CCCN(C(=O)C2CC2)C1. The van der Waals surface area contributed by atoms with Gasteiger partial charge in [-0.25, -0.2) is 0 Å². The van der Waals surface area contributed by atoms with Crippen LogP contribution in [0.5, 0.6) is 0 Å². The fourth-order valence-corrected chi connectivity index (χ4v) is 3.82. The number of esters is 1. The molecular formula is C17H24F3NO3. The van der Waals surface area contributed by atoms with Crippen LogP contribution in [-0.2, 0) is 14.3 Å². The molecule has 4 nitrogen and oxygen atoms in total. The maximum Gasteiger partial charge on any atom is 0.395 e. The van der Waals surface area contributed by atoms with E-state index in [-0.39, 0.29) is 31.2 Å². The van der Waals surface area contributed by atoms with Crippen LogP contribution in [0.4, 0.5) is 13.2 Å². The van der Waals surface area contributed by atoms with Crippen LogP contribution in [0, 0.1) is 17.8 Å². The fraction of sp³-hybridized carbons (Fsp3) is 0.882. The van der Waals surface area contributed by atoms with E-state index in [4.69, 9.17) is 4.74 Å². The Morgan fingerprint density at radius 2 is 1.62 bits per heavy atom. The molecule has 3 atom stereocenters. The Bertz CT molecular complexity index is 490. The van der Waals surface area contributed by atoms with Gasteiger partial charge in [-0.05, 0) is 44.9 Å². The third kappa shape index (κ3) is 4.03. The van der Waals surface area contributed by atoms with Crippen LogP contribution in [0.15, 0.2) is 0 Å². The Balaban J connectivity index is 1.57. The number of hydrogen-bond acceptors (Lipinski definition) is 3. The van der Waals surface area contributed by atoms with Gasteiger partial charge in [0.15, 0.2) is 0 Å². The standard InChI is InChI=1S/C17H24F3NO3/c18-17(19,20)13-5-1-2-6-14(13)24-16(23)12-4-3-9-21(10-12)15(22)11-7-8-11/h11-14H,1-10H2/t12-,13-,14+/m0/s1. The van der Waals surface area contributed by atoms with Crippen LogP contribution in [0.3, 0.4) is 0 Å². The molecule has 24 heavy (non-hydrogen) atoms. The fourth-order valence-electron chi connectivity index (χ4n) is 3.82. The molecule has 0 aromatic heterocycles. The minimum absolute atomic E-state index is 0.0262. The summed E-state index contributed by atoms with van der Waals surface area (Å²) in [6.07, 6.45) is -0.840. The molecule has 2 saturated carbocycles. The van der Waals surface area contributed by atoms with Crippen LogP contribution >= 0.6 is 0 Å². The van der Waals surface area contributed by atoms with Crippen molar-refractivity contribution in [3.05, 3.63) is 0 Å². The maximum atomic E-state index is 13.1. The minimum Gasteiger partial charge on any atom is -0.461 e. The summed E-state index contributed by atoms with van der Waals surface area (Å²) >= 11 is 0. The van der Waals surface area contributed by atoms with Crippen molar-refractivity contribution >= 4 is 11.9 Å². The summed E-state index contributed by atoms with van der Waals surface area (Å²) in [6, 6.07) is 0. The number of ether oxygens (including phenoxy) is 1. The molecule has 3 fully saturated rings. The lowest BCUT2D eigenvalue weighted by Gasteiger charge is -2.35. The van der Waals surface area contributed by atoms with Gasteiger partial charge in [-0.2, -0.15) is 13.2 Å². The molecule has 1 saturated heterocycles. The summed E-state index contributed by atoms with van der Waals surface area (Å²) in [5, 5.41) is 0. The Kier molecular flexibility index (Phi) is 5.06. The van der Waals surface area contributed by atoms with E-state index in [1.165, 1.54) is 0 Å². The van der Waals surface area contributed by atoms with Crippen LogP contribution < -0.4 is 0 Å². The van der Waals surface area contributed by atoms with Crippen LogP contribution in [0.2, 0.25) is 0 Å². The molecule has 3 aliphatic rings. The molecule has 0 unspecified atom stereocenters. The van der Waals surface area contributed by atoms with E-state index in [0.29, 0.717) is 32.2 Å². The van der Waals surface area contributed by atoms with E-state index in [0.717, 1.165) is 12.8 Å². The Hall–Kier alpha value is -1.27. The number of hydrogen-bond donors (Lipinski definition) is 0. The number of alkyl halides is 3. The van der Waals surface area contributed by atoms with Gasteiger partial charge in [-0.3, -0.25) is 9.59 Å². The first-order valence-electron chi connectivity index (χ1n) is 8.92. The van der Waals surface area contributed by atoms with Crippen molar-refractivity contribution in [3.63, 3.8) is 0 Å². The monoisotopic (exact) mass is 347 g/mol. The molecule has 7 heteroatoms. The van der Waals surface area contributed by atoms with E-state index in [2.05, 4.69) is 0 Å². The van der Waals surface area contributed by atoms with Gasteiger partial charge in [0.1, 0.15) is 6.10 Å². The van der Waals surface area contributed by atoms with Gasteiger partial charge in [-0.1, -0.05) is 6.42 Å². The summed E-state index contributed by atoms with van der Waals surface area (Å²) in [7, 11) is 0. The zero-order valence-corrected chi connectivity index (χ0v) is 13.7. The third-order valence-electron chi connectivity index (χ3n) is 5.38. The molecule has 0 N–H and O–H groups in total. The number of carbonyl (C=O) groups is 2. The summed E-state index contributed by atoms with van der Waals surface area (Å²) in [6.45, 7) is 0.922. The van der Waals surface area contributed by atoms with Crippen LogP contribution in [-0.4, -0.2) is 42.1 Å². The minimum atomic E-state index is -4.33. The smallest absolute Gasteiger partial charge is 0.395 e. The van der Waals surface area contributed by atoms with Gasteiger partial charge in [0, 0.05) is 19.0 Å². The first-order chi connectivity index (χ1) is 11.4. The van der Waals surface area contributed by atoms with E-state index >= 15 is 0 Å². The molecule has 3 rings (SSSR count). The van der Waals surface area contributed by atoms with Crippen molar-refractivity contribution < 1.29 is 27.5 Å². The first kappa shape index (κ1) is 17.5. The molecule has 0 spiro atoms. The highest BCUT2D eigenvalue weighted by Gasteiger charge is 2.48. The summed E-state index contributed by atoms with van der Waals surface area (Å²) in [4.78, 5) is 26.2. The van der Waals surface area contributed by atoms with E-state index in [1.54, 1.807) is 4.90 Å². The topological polar surface area (TPSA) is 46.6 Å². The van der Waals surface area contributed by atoms with Gasteiger partial charge in [-0.15, -0.1) is 0 Å². The number of amides is 1. The lowest BCUT2D eigenvalue weighted by atomic mass is 9.85. The lowest BCUT2D eigenvalue weighted by Crippen LogP contribution is -2.45. The lowest BCUT2D eigenvalue weighted by molar-refractivity contribution is -0.217. The second-order valence-corrected chi connectivity index (χ2v) is 7.31. The molecular weight excluding hydrogens is 323 g/mol. The normalized spacial score (nSPS) is 31.6. The Morgan fingerprint density at radius 1 is 0.917 bits per heavy atom. The van der Waals surface area contributed by atoms with Crippen LogP contribution in [0.1, 0.15) is 51.4 Å². The van der Waals surface area contributed by atoms with Crippen molar-refractivity contribution in [2.75, 3.05) is 13.1 Å². The second-order valence-electron chi connectivity index (χ2n) is 7.31. The number of rotatable bonds is 3. The van der Waals surface area contributed by atoms with E-state index in [1.807, 2.05) is 0 Å². The molecule has 0 aromatic carbocycles. The van der Waals surface area contributed by atoms with Gasteiger partial charge in [0.2, 0.25) is 5.91 Å². The molecule has 0 bridgehead atoms. The van der Waals surface area contributed by atoms with Gasteiger partial charge < -0.3 is 9.64 Å². The number of carbonyl (C=O) groups excluding carboxylic acids is 2. The molecule has 0 radical (unpaired) electrons. The van der Waals surface area contributed by atoms with Gasteiger partial charge in [0.25, 0.3) is 0 Å². The molecule has 136 valence electrons. The van der Waals surface area contributed by atoms with Gasteiger partial charge in [0.05, 0.1) is 11.8 Å². The van der Waals surface area contributed by atoms with Crippen LogP contribution in [0.25, 0.3) is 0 Å². The van der Waals surface area contributed by atoms with Gasteiger partial charge >= 0.3 is 12.1 Å². The molecule has 2 aliphatic carbocycles. The number of piperidine rings is 1. The largest absolute Gasteiger partial charge is 0.461 e. The van der Waals surface area contributed by atoms with Crippen molar-refractivity contribution in [2.24, 2.45) is 17.8 Å². The second kappa shape index (κ2) is 6.92. The Morgan fingerprint density at radius 3 is 2.29 bits per heavy atom. The van der Waals surface area contributed by atoms with Crippen molar-refractivity contribution in [1.82, 2.24) is 4.90 Å². The molecule has 1 heterocycles. The van der Waals surface area contributed by atoms with E-state index in [9.17, 15) is 22.8 Å². The van der Waals surface area contributed by atoms with Crippen molar-refractivity contribution in [3.8, 4) is 0 Å². The third-order valence-corrected chi connectivity index (χ3v) is 5.38. The summed E-state index contributed by atoms with van der Waals surface area (Å²) in [5.74, 6) is -2.43. The molecule has 1 aliphatic heterocycles. The highest BCUT2D eigenvalue weighted by Crippen LogP contribution is 2.40. The summed E-state index contributed by atoms with van der Waals surface area (Å²) in [5.41, 5.74) is 0. The predicted octanol–water partition coefficient (Wildman–Crippen LogP) is 3.30. The van der Waals surface area contributed by atoms with E-state index < -0.39 is 30.1 Å². The molecule has 0 aromatic rings. The Labute approximate surface area is 139 Å². The zero-order chi connectivity index (χ0) is 17.3. The summed E-state index contributed by atoms with van der Waals surface area (Å²) < 4.78 is 44.6. The van der Waals surface area contributed by atoms with Crippen molar-refractivity contribution in [1.29, 1.82) is 0 Å². The highest BCUT2D eigenvalue weighted by molar-refractivity contribution is 5.82. The van der Waals surface area contributed by atoms with Crippen molar-refractivity contribution in [2.45, 2.75) is 63.6 Å². The number of likely N-dealkylation sites (tertiary alicyclic amines) is 1. The number of nitrogens with zero attached hydrogens (tertiary/aromatic N) is 1. The number of halogens is 3. The zero-order valence-electron chi connectivity index (χ0n) is 13.7. The average Bonchev–Trinajstić information content (AvgIpc) is 3.38. The first-order valence-corrected chi connectivity index (χ1v) is 8.92. The highest BCUT2D eigenvalue weighted by atomic mass is 19.4. The molecule has 1 amide bonds. The maximum absolute atomic E-state index is 13.1. The quantitative estimate of drug-likeness (QED) is 0.736. The predicted molar refractivity (Wildman–Crippen MR) is 79.9 cm³/mol. The average molecular weight is 347 g/mol.